The van der Waals surface area contributed by atoms with E-state index < -0.39 is 0 Å². The van der Waals surface area contributed by atoms with Crippen molar-refractivity contribution < 1.29 is 4.79 Å². The first-order chi connectivity index (χ1) is 13.1. The molecule has 0 aromatic heterocycles. The molecule has 0 aliphatic carbocycles. The molecule has 3 aromatic carbocycles. The van der Waals surface area contributed by atoms with Crippen molar-refractivity contribution in [2.75, 3.05) is 5.75 Å². The number of thioether (sulfide) groups is 1. The first-order valence-corrected chi connectivity index (χ1v) is 10.3. The lowest BCUT2D eigenvalue weighted by atomic mass is 9.98. The van der Waals surface area contributed by atoms with Gasteiger partial charge in [-0.3, -0.25) is 4.79 Å². The molecule has 0 radical (unpaired) electrons. The number of hydrogen-bond donors (Lipinski definition) is 1. The molecule has 0 saturated carbocycles. The zero-order chi connectivity index (χ0) is 19.1. The lowest BCUT2D eigenvalue weighted by Crippen LogP contribution is -2.30. The Morgan fingerprint density at radius 3 is 2.26 bits per heavy atom. The van der Waals surface area contributed by atoms with Gasteiger partial charge in [-0.15, -0.1) is 11.8 Å². The molecule has 3 heteroatoms. The van der Waals surface area contributed by atoms with Crippen molar-refractivity contribution in [3.8, 4) is 0 Å². The third kappa shape index (κ3) is 5.73. The quantitative estimate of drug-likeness (QED) is 0.595. The van der Waals surface area contributed by atoms with Gasteiger partial charge in [-0.25, -0.2) is 0 Å². The van der Waals surface area contributed by atoms with E-state index in [0.717, 1.165) is 16.9 Å². The van der Waals surface area contributed by atoms with Crippen LogP contribution >= 0.6 is 11.8 Å². The second-order valence-corrected chi connectivity index (χ2v) is 7.79. The molecule has 0 bridgehead atoms. The zero-order valence-corrected chi connectivity index (χ0v) is 16.6. The smallest absolute Gasteiger partial charge is 0.230 e. The van der Waals surface area contributed by atoms with Gasteiger partial charge in [-0.1, -0.05) is 90.0 Å². The van der Waals surface area contributed by atoms with Gasteiger partial charge in [-0.05, 0) is 30.5 Å². The molecule has 27 heavy (non-hydrogen) atoms. The SMILES string of the molecule is Cc1ccc(C(NC(=O)CSCc2cccc(C)c2)c2ccccc2)cc1. The molecular weight excluding hydrogens is 350 g/mol. The van der Waals surface area contributed by atoms with Crippen molar-refractivity contribution in [3.05, 3.63) is 107 Å². The minimum Gasteiger partial charge on any atom is -0.344 e. The second-order valence-electron chi connectivity index (χ2n) is 6.80. The average Bonchev–Trinajstić information content (AvgIpc) is 2.68. The number of carbonyl (C=O) groups is 1. The van der Waals surface area contributed by atoms with Crippen molar-refractivity contribution >= 4 is 17.7 Å². The fourth-order valence-corrected chi connectivity index (χ4v) is 3.82. The van der Waals surface area contributed by atoms with Crippen LogP contribution in [0.5, 0.6) is 0 Å². The molecule has 1 N–H and O–H groups in total. The van der Waals surface area contributed by atoms with Crippen LogP contribution in [0.4, 0.5) is 0 Å². The fourth-order valence-electron chi connectivity index (χ4n) is 3.03. The Hall–Kier alpha value is -2.52. The third-order valence-electron chi connectivity index (χ3n) is 4.43. The molecule has 3 aromatic rings. The van der Waals surface area contributed by atoms with Crippen molar-refractivity contribution in [1.29, 1.82) is 0 Å². The minimum atomic E-state index is -0.126. The molecule has 0 aliphatic heterocycles. The monoisotopic (exact) mass is 375 g/mol. The zero-order valence-electron chi connectivity index (χ0n) is 15.8. The lowest BCUT2D eigenvalue weighted by molar-refractivity contribution is -0.119. The average molecular weight is 376 g/mol. The van der Waals surface area contributed by atoms with E-state index in [9.17, 15) is 4.79 Å². The van der Waals surface area contributed by atoms with Gasteiger partial charge in [0.05, 0.1) is 11.8 Å². The summed E-state index contributed by atoms with van der Waals surface area (Å²) in [4.78, 5) is 12.6. The van der Waals surface area contributed by atoms with Gasteiger partial charge in [0.2, 0.25) is 5.91 Å². The standard InChI is InChI=1S/C24H25NOS/c1-18-11-13-22(14-12-18)24(21-9-4-3-5-10-21)25-23(26)17-27-16-20-8-6-7-19(2)15-20/h3-15,24H,16-17H2,1-2H3,(H,25,26). The highest BCUT2D eigenvalue weighted by molar-refractivity contribution is 7.99. The predicted molar refractivity (Wildman–Crippen MR) is 115 cm³/mol. The summed E-state index contributed by atoms with van der Waals surface area (Å²) in [6, 6.07) is 26.8. The van der Waals surface area contributed by atoms with E-state index in [1.54, 1.807) is 11.8 Å². The van der Waals surface area contributed by atoms with Crippen LogP contribution in [0.15, 0.2) is 78.9 Å². The number of benzene rings is 3. The normalized spacial score (nSPS) is 11.8. The predicted octanol–water partition coefficient (Wildman–Crippen LogP) is 5.44. The number of nitrogens with one attached hydrogen (secondary N) is 1. The Kier molecular flexibility index (Phi) is 6.72. The Bertz CT molecular complexity index is 874. The summed E-state index contributed by atoms with van der Waals surface area (Å²) in [6.07, 6.45) is 0. The van der Waals surface area contributed by atoms with Gasteiger partial charge in [0.15, 0.2) is 0 Å². The van der Waals surface area contributed by atoms with Crippen LogP contribution in [-0.2, 0) is 10.5 Å². The summed E-state index contributed by atoms with van der Waals surface area (Å²) in [5.74, 6) is 1.35. The number of rotatable bonds is 7. The first kappa shape index (κ1) is 19.2. The Morgan fingerprint density at radius 2 is 1.56 bits per heavy atom. The van der Waals surface area contributed by atoms with E-state index in [1.165, 1.54) is 16.7 Å². The molecule has 0 fully saturated rings. The first-order valence-electron chi connectivity index (χ1n) is 9.16. The van der Waals surface area contributed by atoms with Gasteiger partial charge in [0.25, 0.3) is 0 Å². The van der Waals surface area contributed by atoms with Crippen LogP contribution in [0.25, 0.3) is 0 Å². The van der Waals surface area contributed by atoms with Crippen molar-refractivity contribution in [2.24, 2.45) is 0 Å². The molecule has 138 valence electrons. The number of aryl methyl sites for hydroxylation is 2. The van der Waals surface area contributed by atoms with Crippen LogP contribution < -0.4 is 5.32 Å². The molecular formula is C24H25NOS. The lowest BCUT2D eigenvalue weighted by Gasteiger charge is -2.20. The van der Waals surface area contributed by atoms with Crippen LogP contribution in [-0.4, -0.2) is 11.7 Å². The molecule has 1 amide bonds. The number of hydrogen-bond acceptors (Lipinski definition) is 2. The molecule has 1 atom stereocenters. The molecule has 0 saturated heterocycles. The number of amides is 1. The summed E-state index contributed by atoms with van der Waals surface area (Å²) in [6.45, 7) is 4.16. The Morgan fingerprint density at radius 1 is 0.852 bits per heavy atom. The molecule has 3 rings (SSSR count). The van der Waals surface area contributed by atoms with Gasteiger partial charge >= 0.3 is 0 Å². The summed E-state index contributed by atoms with van der Waals surface area (Å²) >= 11 is 1.65. The highest BCUT2D eigenvalue weighted by Crippen LogP contribution is 2.23. The molecule has 1 unspecified atom stereocenters. The van der Waals surface area contributed by atoms with Crippen LogP contribution in [0.3, 0.4) is 0 Å². The summed E-state index contributed by atoms with van der Waals surface area (Å²) in [5.41, 5.74) is 5.92. The van der Waals surface area contributed by atoms with E-state index in [4.69, 9.17) is 0 Å². The maximum absolute atomic E-state index is 12.6. The van der Waals surface area contributed by atoms with Gasteiger partial charge < -0.3 is 5.32 Å². The Labute approximate surface area is 166 Å². The fraction of sp³-hybridized carbons (Fsp3) is 0.208. The largest absolute Gasteiger partial charge is 0.344 e. The van der Waals surface area contributed by atoms with Crippen molar-refractivity contribution in [2.45, 2.75) is 25.6 Å². The second kappa shape index (κ2) is 9.43. The molecule has 0 heterocycles. The third-order valence-corrected chi connectivity index (χ3v) is 5.44. The van der Waals surface area contributed by atoms with Gasteiger partial charge in [0, 0.05) is 5.75 Å². The van der Waals surface area contributed by atoms with Crippen LogP contribution in [0.1, 0.15) is 33.9 Å². The summed E-state index contributed by atoms with van der Waals surface area (Å²) < 4.78 is 0. The van der Waals surface area contributed by atoms with E-state index >= 15 is 0 Å². The van der Waals surface area contributed by atoms with Gasteiger partial charge in [-0.2, -0.15) is 0 Å². The van der Waals surface area contributed by atoms with E-state index in [0.29, 0.717) is 5.75 Å². The van der Waals surface area contributed by atoms with E-state index in [2.05, 4.69) is 79.8 Å². The number of carbonyl (C=O) groups excluding carboxylic acids is 1. The van der Waals surface area contributed by atoms with E-state index in [1.807, 2.05) is 18.2 Å². The minimum absolute atomic E-state index is 0.0575. The highest BCUT2D eigenvalue weighted by Gasteiger charge is 2.16. The van der Waals surface area contributed by atoms with Crippen LogP contribution in [0, 0.1) is 13.8 Å². The maximum atomic E-state index is 12.6. The highest BCUT2D eigenvalue weighted by atomic mass is 32.2. The topological polar surface area (TPSA) is 29.1 Å². The van der Waals surface area contributed by atoms with E-state index in [-0.39, 0.29) is 11.9 Å². The molecule has 2 nitrogen and oxygen atoms in total. The van der Waals surface area contributed by atoms with Crippen molar-refractivity contribution in [1.82, 2.24) is 5.32 Å². The summed E-state index contributed by atoms with van der Waals surface area (Å²) in [5, 5.41) is 3.21. The Balaban J connectivity index is 1.65. The van der Waals surface area contributed by atoms with Gasteiger partial charge in [0.1, 0.15) is 0 Å². The van der Waals surface area contributed by atoms with Crippen molar-refractivity contribution in [3.63, 3.8) is 0 Å². The maximum Gasteiger partial charge on any atom is 0.230 e. The molecule has 0 aliphatic rings. The summed E-state index contributed by atoms with van der Waals surface area (Å²) in [7, 11) is 0. The van der Waals surface area contributed by atoms with Crippen LogP contribution in [0.2, 0.25) is 0 Å². The molecule has 0 spiro atoms.